The maximum Gasteiger partial charge on any atom is 0.132 e. The number of halogens is 1. The molecular formula is C16H19FN4. The van der Waals surface area contributed by atoms with Gasteiger partial charge in [0.15, 0.2) is 0 Å². The zero-order chi connectivity index (χ0) is 14.8. The van der Waals surface area contributed by atoms with Crippen LogP contribution >= 0.6 is 0 Å². The van der Waals surface area contributed by atoms with Crippen molar-refractivity contribution in [3.8, 4) is 11.3 Å². The smallest absolute Gasteiger partial charge is 0.132 e. The number of hydrogen-bond acceptors (Lipinski definition) is 4. The zero-order valence-corrected chi connectivity index (χ0v) is 12.1. The molecule has 0 bridgehead atoms. The van der Waals surface area contributed by atoms with Crippen LogP contribution in [0, 0.1) is 12.7 Å². The summed E-state index contributed by atoms with van der Waals surface area (Å²) in [5.74, 6) is 1.37. The molecule has 1 saturated heterocycles. The highest BCUT2D eigenvalue weighted by molar-refractivity contribution is 5.63. The third kappa shape index (κ3) is 3.19. The molecule has 1 aromatic carbocycles. The van der Waals surface area contributed by atoms with Gasteiger partial charge in [-0.2, -0.15) is 0 Å². The summed E-state index contributed by atoms with van der Waals surface area (Å²) in [6, 6.07) is 8.53. The van der Waals surface area contributed by atoms with Crippen molar-refractivity contribution in [1.29, 1.82) is 0 Å². The van der Waals surface area contributed by atoms with Crippen LogP contribution in [0.25, 0.3) is 11.3 Å². The fraction of sp³-hybridized carbons (Fsp3) is 0.375. The number of piperidine rings is 1. The summed E-state index contributed by atoms with van der Waals surface area (Å²) in [5, 5.41) is 0. The van der Waals surface area contributed by atoms with Crippen molar-refractivity contribution in [2.75, 3.05) is 18.0 Å². The zero-order valence-electron chi connectivity index (χ0n) is 12.1. The minimum Gasteiger partial charge on any atom is -0.355 e. The molecular weight excluding hydrogens is 267 g/mol. The lowest BCUT2D eigenvalue weighted by atomic mass is 10.1. The molecule has 1 atom stereocenters. The molecule has 2 N–H and O–H groups in total. The number of benzene rings is 1. The van der Waals surface area contributed by atoms with E-state index in [1.807, 2.05) is 13.0 Å². The van der Waals surface area contributed by atoms with E-state index in [0.29, 0.717) is 5.82 Å². The van der Waals surface area contributed by atoms with E-state index < -0.39 is 0 Å². The molecule has 110 valence electrons. The van der Waals surface area contributed by atoms with Crippen molar-refractivity contribution < 1.29 is 4.39 Å². The lowest BCUT2D eigenvalue weighted by Crippen LogP contribution is -2.43. The number of rotatable bonds is 2. The molecule has 21 heavy (non-hydrogen) atoms. The Morgan fingerprint density at radius 3 is 2.71 bits per heavy atom. The molecule has 4 nitrogen and oxygen atoms in total. The number of nitrogens with zero attached hydrogens (tertiary/aromatic N) is 3. The van der Waals surface area contributed by atoms with E-state index in [9.17, 15) is 4.39 Å². The van der Waals surface area contributed by atoms with Crippen molar-refractivity contribution in [3.05, 3.63) is 42.0 Å². The predicted octanol–water partition coefficient (Wildman–Crippen LogP) is 2.52. The molecule has 0 amide bonds. The van der Waals surface area contributed by atoms with Gasteiger partial charge in [-0.15, -0.1) is 0 Å². The van der Waals surface area contributed by atoms with Crippen LogP contribution in [0.1, 0.15) is 18.7 Å². The van der Waals surface area contributed by atoms with Crippen LogP contribution < -0.4 is 10.6 Å². The Morgan fingerprint density at radius 1 is 1.24 bits per heavy atom. The van der Waals surface area contributed by atoms with Gasteiger partial charge >= 0.3 is 0 Å². The Bertz CT molecular complexity index is 627. The normalized spacial score (nSPS) is 18.8. The van der Waals surface area contributed by atoms with Gasteiger partial charge in [-0.1, -0.05) is 0 Å². The second-order valence-electron chi connectivity index (χ2n) is 5.51. The second-order valence-corrected chi connectivity index (χ2v) is 5.51. The number of nitrogens with two attached hydrogens (primary N) is 1. The molecule has 1 unspecified atom stereocenters. The summed E-state index contributed by atoms with van der Waals surface area (Å²) in [4.78, 5) is 11.2. The Balaban J connectivity index is 1.94. The average molecular weight is 286 g/mol. The van der Waals surface area contributed by atoms with Gasteiger partial charge in [-0.25, -0.2) is 14.4 Å². The Kier molecular flexibility index (Phi) is 3.84. The number of aromatic nitrogens is 2. The van der Waals surface area contributed by atoms with E-state index in [-0.39, 0.29) is 11.9 Å². The van der Waals surface area contributed by atoms with Crippen molar-refractivity contribution in [3.63, 3.8) is 0 Å². The van der Waals surface area contributed by atoms with Gasteiger partial charge in [0.05, 0.1) is 5.69 Å². The van der Waals surface area contributed by atoms with Gasteiger partial charge in [-0.05, 0) is 44.0 Å². The first-order chi connectivity index (χ1) is 10.1. The maximum absolute atomic E-state index is 13.0. The summed E-state index contributed by atoms with van der Waals surface area (Å²) in [6.45, 7) is 3.66. The standard InChI is InChI=1S/C16H19FN4/c1-11-19-15(12-4-6-13(17)7-5-12)9-16(20-11)21-8-2-3-14(18)10-21/h4-7,9,14H,2-3,8,10,18H2,1H3. The number of hydrogen-bond donors (Lipinski definition) is 1. The van der Waals surface area contributed by atoms with Crippen molar-refractivity contribution in [1.82, 2.24) is 9.97 Å². The minimum atomic E-state index is -0.244. The molecule has 0 radical (unpaired) electrons. The van der Waals surface area contributed by atoms with E-state index in [1.165, 1.54) is 12.1 Å². The summed E-state index contributed by atoms with van der Waals surface area (Å²) in [6.07, 6.45) is 2.14. The molecule has 2 heterocycles. The lowest BCUT2D eigenvalue weighted by Gasteiger charge is -2.31. The highest BCUT2D eigenvalue weighted by Crippen LogP contribution is 2.24. The quantitative estimate of drug-likeness (QED) is 0.921. The van der Waals surface area contributed by atoms with E-state index in [4.69, 9.17) is 5.73 Å². The highest BCUT2D eigenvalue weighted by atomic mass is 19.1. The lowest BCUT2D eigenvalue weighted by molar-refractivity contribution is 0.503. The van der Waals surface area contributed by atoms with Crippen LogP contribution in [0.4, 0.5) is 10.2 Å². The molecule has 0 aliphatic carbocycles. The summed E-state index contributed by atoms with van der Waals surface area (Å²) >= 11 is 0. The summed E-state index contributed by atoms with van der Waals surface area (Å²) in [5.41, 5.74) is 7.75. The summed E-state index contributed by atoms with van der Waals surface area (Å²) in [7, 11) is 0. The first kappa shape index (κ1) is 13.9. The average Bonchev–Trinajstić information content (AvgIpc) is 2.47. The topological polar surface area (TPSA) is 55.0 Å². The third-order valence-electron chi connectivity index (χ3n) is 3.75. The van der Waals surface area contributed by atoms with E-state index in [1.54, 1.807) is 12.1 Å². The van der Waals surface area contributed by atoms with Crippen molar-refractivity contribution >= 4 is 5.82 Å². The van der Waals surface area contributed by atoms with Crippen molar-refractivity contribution in [2.45, 2.75) is 25.8 Å². The molecule has 1 aliphatic heterocycles. The second kappa shape index (κ2) is 5.77. The Labute approximate surface area is 123 Å². The van der Waals surface area contributed by atoms with E-state index >= 15 is 0 Å². The van der Waals surface area contributed by atoms with E-state index in [0.717, 1.165) is 43.0 Å². The maximum atomic E-state index is 13.0. The Hall–Kier alpha value is -2.01. The molecule has 0 spiro atoms. The molecule has 3 rings (SSSR count). The monoisotopic (exact) mass is 286 g/mol. The van der Waals surface area contributed by atoms with E-state index in [2.05, 4.69) is 14.9 Å². The SMILES string of the molecule is Cc1nc(-c2ccc(F)cc2)cc(N2CCCC(N)C2)n1. The van der Waals surface area contributed by atoms with Crippen LogP contribution in [0.5, 0.6) is 0 Å². The summed E-state index contributed by atoms with van der Waals surface area (Å²) < 4.78 is 13.0. The van der Waals surface area contributed by atoms with Gasteiger partial charge in [0, 0.05) is 30.8 Å². The van der Waals surface area contributed by atoms with Gasteiger partial charge < -0.3 is 10.6 Å². The number of aryl methyl sites for hydroxylation is 1. The van der Waals surface area contributed by atoms with Crippen LogP contribution in [0.15, 0.2) is 30.3 Å². The van der Waals surface area contributed by atoms with Gasteiger partial charge in [0.25, 0.3) is 0 Å². The molecule has 1 fully saturated rings. The highest BCUT2D eigenvalue weighted by Gasteiger charge is 2.19. The van der Waals surface area contributed by atoms with Crippen LogP contribution in [0.3, 0.4) is 0 Å². The van der Waals surface area contributed by atoms with Crippen LogP contribution in [0.2, 0.25) is 0 Å². The fourth-order valence-corrected chi connectivity index (χ4v) is 2.70. The molecule has 1 aromatic heterocycles. The van der Waals surface area contributed by atoms with Crippen LogP contribution in [-0.4, -0.2) is 29.1 Å². The molecule has 1 aliphatic rings. The predicted molar refractivity (Wildman–Crippen MR) is 81.6 cm³/mol. The number of anilines is 1. The first-order valence-electron chi connectivity index (χ1n) is 7.24. The fourth-order valence-electron chi connectivity index (χ4n) is 2.70. The molecule has 0 saturated carbocycles. The minimum absolute atomic E-state index is 0.197. The third-order valence-corrected chi connectivity index (χ3v) is 3.75. The first-order valence-corrected chi connectivity index (χ1v) is 7.24. The van der Waals surface area contributed by atoms with Gasteiger partial charge in [0.2, 0.25) is 0 Å². The van der Waals surface area contributed by atoms with Crippen molar-refractivity contribution in [2.24, 2.45) is 5.73 Å². The largest absolute Gasteiger partial charge is 0.355 e. The van der Waals surface area contributed by atoms with Gasteiger partial charge in [0.1, 0.15) is 17.5 Å². The molecule has 2 aromatic rings. The van der Waals surface area contributed by atoms with Crippen LogP contribution in [-0.2, 0) is 0 Å². The van der Waals surface area contributed by atoms with Gasteiger partial charge in [-0.3, -0.25) is 0 Å². The molecule has 5 heteroatoms. The Morgan fingerprint density at radius 2 is 2.00 bits per heavy atom.